The SMILES string of the molecule is CN1CCc2c(nnn2CC2CC2)C1COCc1ccccc1.O=C(O)C(F)(F)F. The van der Waals surface area contributed by atoms with Gasteiger partial charge >= 0.3 is 12.1 Å². The van der Waals surface area contributed by atoms with Gasteiger partial charge in [-0.15, -0.1) is 5.10 Å². The van der Waals surface area contributed by atoms with Crippen LogP contribution in [-0.4, -0.2) is 57.3 Å². The molecule has 1 aliphatic heterocycles. The molecule has 1 fully saturated rings. The fraction of sp³-hybridized carbons (Fsp3) is 0.550. The van der Waals surface area contributed by atoms with Gasteiger partial charge in [-0.3, -0.25) is 4.90 Å². The third kappa shape index (κ3) is 6.02. The van der Waals surface area contributed by atoms with Crippen molar-refractivity contribution in [3.05, 3.63) is 47.3 Å². The van der Waals surface area contributed by atoms with E-state index in [1.807, 2.05) is 18.2 Å². The topological polar surface area (TPSA) is 80.5 Å². The minimum Gasteiger partial charge on any atom is -0.475 e. The molecule has 164 valence electrons. The number of aromatic nitrogens is 3. The molecule has 1 saturated carbocycles. The molecule has 0 spiro atoms. The Labute approximate surface area is 172 Å². The summed E-state index contributed by atoms with van der Waals surface area (Å²) >= 11 is 0. The van der Waals surface area contributed by atoms with Gasteiger partial charge in [0.2, 0.25) is 0 Å². The van der Waals surface area contributed by atoms with Crippen LogP contribution < -0.4 is 0 Å². The molecule has 2 aromatic rings. The van der Waals surface area contributed by atoms with E-state index in [1.165, 1.54) is 24.1 Å². The first-order valence-electron chi connectivity index (χ1n) is 9.80. The number of carboxylic acid groups (broad SMARTS) is 1. The van der Waals surface area contributed by atoms with Crippen molar-refractivity contribution in [3.63, 3.8) is 0 Å². The first-order chi connectivity index (χ1) is 14.3. The first-order valence-corrected chi connectivity index (χ1v) is 9.80. The molecule has 0 bridgehead atoms. The van der Waals surface area contributed by atoms with Crippen molar-refractivity contribution in [1.82, 2.24) is 19.9 Å². The molecular weight excluding hydrogens is 401 g/mol. The van der Waals surface area contributed by atoms with E-state index in [4.69, 9.17) is 14.6 Å². The van der Waals surface area contributed by atoms with Crippen molar-refractivity contribution in [3.8, 4) is 0 Å². The quantitative estimate of drug-likeness (QED) is 0.765. The molecule has 0 amide bonds. The van der Waals surface area contributed by atoms with E-state index in [0.29, 0.717) is 13.2 Å². The van der Waals surface area contributed by atoms with E-state index in [1.54, 1.807) is 0 Å². The fourth-order valence-electron chi connectivity index (χ4n) is 3.27. The first kappa shape index (κ1) is 22.2. The number of halogens is 3. The minimum absolute atomic E-state index is 0.218. The summed E-state index contributed by atoms with van der Waals surface area (Å²) in [6.45, 7) is 3.41. The Balaban J connectivity index is 0.000000318. The Morgan fingerprint density at radius 1 is 1.27 bits per heavy atom. The van der Waals surface area contributed by atoms with Crippen molar-refractivity contribution in [2.75, 3.05) is 20.2 Å². The summed E-state index contributed by atoms with van der Waals surface area (Å²) in [7, 11) is 2.15. The third-order valence-electron chi connectivity index (χ3n) is 5.17. The number of alkyl halides is 3. The lowest BCUT2D eigenvalue weighted by Crippen LogP contribution is -2.35. The highest BCUT2D eigenvalue weighted by Gasteiger charge is 2.38. The minimum atomic E-state index is -5.08. The highest BCUT2D eigenvalue weighted by atomic mass is 19.4. The van der Waals surface area contributed by atoms with Crippen LogP contribution in [0.15, 0.2) is 30.3 Å². The van der Waals surface area contributed by atoms with Crippen molar-refractivity contribution < 1.29 is 27.8 Å². The van der Waals surface area contributed by atoms with Gasteiger partial charge < -0.3 is 9.84 Å². The second-order valence-corrected chi connectivity index (χ2v) is 7.60. The van der Waals surface area contributed by atoms with Crippen LogP contribution >= 0.6 is 0 Å². The Hall–Kier alpha value is -2.46. The molecule has 1 N–H and O–H groups in total. The summed E-state index contributed by atoms with van der Waals surface area (Å²) in [6.07, 6.45) is -1.35. The molecule has 1 aromatic carbocycles. The van der Waals surface area contributed by atoms with Gasteiger partial charge in [-0.1, -0.05) is 35.5 Å². The number of aliphatic carboxylic acids is 1. The highest BCUT2D eigenvalue weighted by molar-refractivity contribution is 5.73. The Morgan fingerprint density at radius 3 is 2.53 bits per heavy atom. The number of carboxylic acids is 1. The largest absolute Gasteiger partial charge is 0.490 e. The van der Waals surface area contributed by atoms with Gasteiger partial charge in [0.15, 0.2) is 0 Å². The van der Waals surface area contributed by atoms with Gasteiger partial charge in [0, 0.05) is 19.5 Å². The van der Waals surface area contributed by atoms with Crippen molar-refractivity contribution in [1.29, 1.82) is 0 Å². The van der Waals surface area contributed by atoms with Crippen LogP contribution in [0.5, 0.6) is 0 Å². The predicted octanol–water partition coefficient (Wildman–Crippen LogP) is 3.07. The van der Waals surface area contributed by atoms with E-state index in [9.17, 15) is 13.2 Å². The standard InChI is InChI=1S/C18H24N4O.C2HF3O2/c1-21-10-9-16-18(19-20-22(16)11-14-7-8-14)17(21)13-23-12-15-5-3-2-4-6-15;3-2(4,5)1(6)7/h2-6,14,17H,7-13H2,1H3;(H,6,7). The van der Waals surface area contributed by atoms with Crippen molar-refractivity contribution in [2.24, 2.45) is 5.92 Å². The van der Waals surface area contributed by atoms with Crippen LogP contribution in [0, 0.1) is 5.92 Å². The average molecular weight is 426 g/mol. The van der Waals surface area contributed by atoms with Gasteiger partial charge in [0.25, 0.3) is 0 Å². The van der Waals surface area contributed by atoms with Crippen LogP contribution in [0.1, 0.15) is 35.8 Å². The normalized spacial score (nSPS) is 19.0. The highest BCUT2D eigenvalue weighted by Crippen LogP contribution is 2.33. The average Bonchev–Trinajstić information content (AvgIpc) is 3.43. The summed E-state index contributed by atoms with van der Waals surface area (Å²) in [6, 6.07) is 10.5. The van der Waals surface area contributed by atoms with Crippen molar-refractivity contribution >= 4 is 5.97 Å². The van der Waals surface area contributed by atoms with Crippen LogP contribution in [-0.2, 0) is 29.1 Å². The summed E-state index contributed by atoms with van der Waals surface area (Å²) in [4.78, 5) is 11.2. The zero-order chi connectivity index (χ0) is 21.7. The maximum atomic E-state index is 10.6. The summed E-state index contributed by atoms with van der Waals surface area (Å²) in [5.41, 5.74) is 3.65. The molecule has 0 radical (unpaired) electrons. The number of fused-ring (bicyclic) bond motifs is 1. The molecule has 1 unspecified atom stereocenters. The predicted molar refractivity (Wildman–Crippen MR) is 102 cm³/mol. The van der Waals surface area contributed by atoms with E-state index in [0.717, 1.165) is 31.1 Å². The molecule has 10 heteroatoms. The smallest absolute Gasteiger partial charge is 0.475 e. The molecule has 1 aromatic heterocycles. The van der Waals surface area contributed by atoms with Gasteiger partial charge in [0.05, 0.1) is 24.9 Å². The molecular formula is C20H25F3N4O3. The van der Waals surface area contributed by atoms with E-state index < -0.39 is 12.1 Å². The summed E-state index contributed by atoms with van der Waals surface area (Å²) in [5, 5.41) is 16.0. The lowest BCUT2D eigenvalue weighted by atomic mass is 10.0. The number of hydrogen-bond donors (Lipinski definition) is 1. The van der Waals surface area contributed by atoms with Crippen LogP contribution in [0.3, 0.4) is 0 Å². The van der Waals surface area contributed by atoms with Crippen LogP contribution in [0.4, 0.5) is 13.2 Å². The second-order valence-electron chi connectivity index (χ2n) is 7.60. The maximum absolute atomic E-state index is 10.6. The lowest BCUT2D eigenvalue weighted by molar-refractivity contribution is -0.192. The Kier molecular flexibility index (Phi) is 7.09. The zero-order valence-electron chi connectivity index (χ0n) is 16.7. The lowest BCUT2D eigenvalue weighted by Gasteiger charge is -2.31. The third-order valence-corrected chi connectivity index (χ3v) is 5.17. The maximum Gasteiger partial charge on any atom is 0.490 e. The number of ether oxygens (including phenoxy) is 1. The number of nitrogens with zero attached hydrogens (tertiary/aromatic N) is 4. The van der Waals surface area contributed by atoms with Gasteiger partial charge in [-0.2, -0.15) is 13.2 Å². The number of likely N-dealkylation sites (N-methyl/N-ethyl adjacent to an activating group) is 1. The molecule has 7 nitrogen and oxygen atoms in total. The van der Waals surface area contributed by atoms with Gasteiger partial charge in [-0.05, 0) is 31.4 Å². The van der Waals surface area contributed by atoms with Crippen LogP contribution in [0.2, 0.25) is 0 Å². The number of carbonyl (C=O) groups is 1. The summed E-state index contributed by atoms with van der Waals surface area (Å²) < 4.78 is 39.8. The van der Waals surface area contributed by atoms with E-state index in [-0.39, 0.29) is 6.04 Å². The van der Waals surface area contributed by atoms with E-state index >= 15 is 0 Å². The Bertz CT molecular complexity index is 838. The van der Waals surface area contributed by atoms with Crippen LogP contribution in [0.25, 0.3) is 0 Å². The van der Waals surface area contributed by atoms with Gasteiger partial charge in [-0.25, -0.2) is 9.48 Å². The molecule has 4 rings (SSSR count). The number of rotatable bonds is 6. The molecule has 30 heavy (non-hydrogen) atoms. The molecule has 0 saturated heterocycles. The number of benzene rings is 1. The summed E-state index contributed by atoms with van der Waals surface area (Å²) in [5.74, 6) is -1.93. The second kappa shape index (κ2) is 9.57. The monoisotopic (exact) mass is 426 g/mol. The fourth-order valence-corrected chi connectivity index (χ4v) is 3.27. The number of hydrogen-bond acceptors (Lipinski definition) is 5. The zero-order valence-corrected chi connectivity index (χ0v) is 16.7. The molecule has 2 aliphatic rings. The molecule has 1 aliphatic carbocycles. The molecule has 2 heterocycles. The van der Waals surface area contributed by atoms with Gasteiger partial charge in [0.1, 0.15) is 5.69 Å². The van der Waals surface area contributed by atoms with E-state index in [2.05, 4.69) is 39.1 Å². The Morgan fingerprint density at radius 2 is 1.93 bits per heavy atom. The van der Waals surface area contributed by atoms with Crippen molar-refractivity contribution in [2.45, 2.75) is 44.6 Å². The molecule has 1 atom stereocenters.